The van der Waals surface area contributed by atoms with Gasteiger partial charge in [0.25, 0.3) is 0 Å². The number of hydrogen-bond donors (Lipinski definition) is 0. The van der Waals surface area contributed by atoms with Gasteiger partial charge in [-0.1, -0.05) is 358 Å². The number of benzene rings is 23. The molecule has 147 heavy (non-hydrogen) atoms. The molecule has 0 atom stereocenters. The molecule has 0 N–H and O–H groups in total. The quantitative estimate of drug-likeness (QED) is 0.124. The van der Waals surface area contributed by atoms with Crippen LogP contribution in [0.5, 0.6) is 0 Å². The van der Waals surface area contributed by atoms with Crippen LogP contribution in [0.3, 0.4) is 0 Å². The normalized spacial score (nSPS) is 11.9. The smallest absolute Gasteiger partial charge is 0.0548 e. The zero-order valence-corrected chi connectivity index (χ0v) is 82.0. The van der Waals surface area contributed by atoms with Gasteiger partial charge < -0.3 is 27.4 Å². The Kier molecular flexibility index (Phi) is 19.6. The van der Waals surface area contributed by atoms with Gasteiger partial charge in [0, 0.05) is 159 Å². The highest BCUT2D eigenvalue weighted by molar-refractivity contribution is 7.27. The van der Waals surface area contributed by atoms with Gasteiger partial charge in [-0.05, 0) is 219 Å². The fraction of sp³-hybridized carbons (Fsp3) is 0. The molecule has 686 valence electrons. The molecular formula is C138H86N6S3. The standard InChI is InChI=1S/2C48H30N2S.C42H26N2S/c1-2-12-31(13-3-1)33-14-10-15-35(28-33)50-44-22-8-5-17-38(44)42-29-45-41(30-46(42)50)37-16-4-7-21-43(37)49(45)34-26-24-32(25-27-34)36-19-11-20-40-39-18-6-9-23-47(39)51-48(36)40;1-2-11-31(12-3-1)32-21-25-34(26-22-32)49-43-18-7-4-13-37(43)41-30-46-42(29-45(41)49)38-14-5-8-19-44(38)50(46)35-27-23-33(24-28-35)36-16-10-17-40-39-15-6-9-20-47(39)51-48(36)40;1-2-11-28(12-3-1)43-37-18-7-4-13-31(37)35-26-40-36(25-39(35)43)32-14-5-8-19-38(32)44(40)29-23-21-27(22-24-29)30-16-10-17-34-33-15-6-9-20-41(33)45-42(30)34/h2*1-30H;1-26H. The Morgan fingerprint density at radius 3 is 0.599 bits per heavy atom. The summed E-state index contributed by atoms with van der Waals surface area (Å²) in [7, 11) is 0. The van der Waals surface area contributed by atoms with Gasteiger partial charge in [-0.25, -0.2) is 0 Å². The Hall–Kier alpha value is -18.5. The number of rotatable bonds is 11. The highest BCUT2D eigenvalue weighted by Gasteiger charge is 2.26. The Morgan fingerprint density at radius 1 is 0.109 bits per heavy atom. The van der Waals surface area contributed by atoms with Crippen LogP contribution < -0.4 is 0 Å². The van der Waals surface area contributed by atoms with Gasteiger partial charge in [0.1, 0.15) is 0 Å². The summed E-state index contributed by atoms with van der Waals surface area (Å²) in [6, 6.07) is 191. The molecule has 32 rings (SSSR count). The molecule has 32 aromatic rings. The van der Waals surface area contributed by atoms with E-state index in [9.17, 15) is 0 Å². The van der Waals surface area contributed by atoms with E-state index in [1.165, 1.54) is 258 Å². The van der Waals surface area contributed by atoms with E-state index in [2.05, 4.69) is 549 Å². The van der Waals surface area contributed by atoms with Gasteiger partial charge in [0.15, 0.2) is 0 Å². The molecular weight excluding hydrogens is 1840 g/mol. The predicted octanol–water partition coefficient (Wildman–Crippen LogP) is 39.1. The van der Waals surface area contributed by atoms with Crippen molar-refractivity contribution in [1.29, 1.82) is 0 Å². The Balaban J connectivity index is 0.000000102. The number of nitrogens with zero attached hydrogens (tertiary/aromatic N) is 6. The third-order valence-corrected chi connectivity index (χ3v) is 34.0. The molecule has 0 spiro atoms. The van der Waals surface area contributed by atoms with Crippen molar-refractivity contribution in [3.8, 4) is 89.8 Å². The second kappa shape index (κ2) is 34.1. The molecule has 0 saturated carbocycles. The van der Waals surface area contributed by atoms with E-state index in [4.69, 9.17) is 0 Å². The van der Waals surface area contributed by atoms with Crippen LogP contribution in [0.4, 0.5) is 0 Å². The lowest BCUT2D eigenvalue weighted by Gasteiger charge is -2.11. The highest BCUT2D eigenvalue weighted by Crippen LogP contribution is 2.50. The lowest BCUT2D eigenvalue weighted by atomic mass is 10.0. The van der Waals surface area contributed by atoms with Crippen LogP contribution >= 0.6 is 34.0 Å². The van der Waals surface area contributed by atoms with E-state index in [0.717, 1.165) is 22.7 Å². The first-order valence-electron chi connectivity index (χ1n) is 50.2. The molecule has 0 aliphatic heterocycles. The van der Waals surface area contributed by atoms with Crippen molar-refractivity contribution in [3.63, 3.8) is 0 Å². The van der Waals surface area contributed by atoms with Crippen LogP contribution in [0, 0.1) is 0 Å². The molecule has 9 heteroatoms. The Labute approximate surface area is 857 Å². The van der Waals surface area contributed by atoms with Crippen LogP contribution in [-0.4, -0.2) is 27.4 Å². The van der Waals surface area contributed by atoms with Gasteiger partial charge >= 0.3 is 0 Å². The summed E-state index contributed by atoms with van der Waals surface area (Å²) in [6.07, 6.45) is 0. The average molecular weight is 1920 g/mol. The highest BCUT2D eigenvalue weighted by atomic mass is 32.1. The van der Waals surface area contributed by atoms with Gasteiger partial charge in [0.2, 0.25) is 0 Å². The molecule has 9 heterocycles. The van der Waals surface area contributed by atoms with Gasteiger partial charge in [-0.15, -0.1) is 34.0 Å². The second-order valence-corrected chi connectivity index (χ2v) is 41.6. The molecule has 9 aromatic heterocycles. The Bertz CT molecular complexity index is 10900. The first kappa shape index (κ1) is 84.2. The number of para-hydroxylation sites is 7. The van der Waals surface area contributed by atoms with Crippen molar-refractivity contribution in [2.75, 3.05) is 0 Å². The summed E-state index contributed by atoms with van der Waals surface area (Å²) in [4.78, 5) is 0. The van der Waals surface area contributed by atoms with Gasteiger partial charge in [-0.3, -0.25) is 0 Å². The summed E-state index contributed by atoms with van der Waals surface area (Å²) >= 11 is 5.65. The summed E-state index contributed by atoms with van der Waals surface area (Å²) in [5, 5.41) is 23.1. The summed E-state index contributed by atoms with van der Waals surface area (Å²) in [6.45, 7) is 0. The van der Waals surface area contributed by atoms with E-state index in [1.807, 2.05) is 34.0 Å². The molecule has 0 aliphatic carbocycles. The van der Waals surface area contributed by atoms with Crippen LogP contribution in [0.25, 0.3) is 281 Å². The minimum Gasteiger partial charge on any atom is -0.309 e. The van der Waals surface area contributed by atoms with Crippen molar-refractivity contribution >= 4 is 225 Å². The van der Waals surface area contributed by atoms with Gasteiger partial charge in [0.05, 0.1) is 66.2 Å². The monoisotopic (exact) mass is 1920 g/mol. The first-order valence-corrected chi connectivity index (χ1v) is 52.7. The topological polar surface area (TPSA) is 29.6 Å². The van der Waals surface area contributed by atoms with Crippen LogP contribution in [-0.2, 0) is 0 Å². The van der Waals surface area contributed by atoms with Crippen LogP contribution in [0.15, 0.2) is 522 Å². The molecule has 0 unspecified atom stereocenters. The zero-order valence-electron chi connectivity index (χ0n) is 79.6. The average Bonchev–Trinajstić information content (AvgIpc) is 1.56. The van der Waals surface area contributed by atoms with Crippen molar-refractivity contribution in [3.05, 3.63) is 522 Å². The van der Waals surface area contributed by atoms with Gasteiger partial charge in [-0.2, -0.15) is 0 Å². The second-order valence-electron chi connectivity index (χ2n) is 38.4. The predicted molar refractivity (Wildman–Crippen MR) is 631 cm³/mol. The maximum atomic E-state index is 2.44. The lowest BCUT2D eigenvalue weighted by Crippen LogP contribution is -1.95. The van der Waals surface area contributed by atoms with E-state index >= 15 is 0 Å². The first-order chi connectivity index (χ1) is 72.9. The number of thiophene rings is 3. The minimum absolute atomic E-state index is 1.16. The molecule has 0 bridgehead atoms. The van der Waals surface area contributed by atoms with Crippen molar-refractivity contribution in [2.45, 2.75) is 0 Å². The van der Waals surface area contributed by atoms with E-state index in [0.29, 0.717) is 0 Å². The molecule has 23 aromatic carbocycles. The summed E-state index contributed by atoms with van der Waals surface area (Å²) in [5.74, 6) is 0. The third-order valence-electron chi connectivity index (χ3n) is 30.4. The number of aromatic nitrogens is 6. The molecule has 0 amide bonds. The molecule has 0 saturated heterocycles. The molecule has 6 nitrogen and oxygen atoms in total. The summed E-state index contributed by atoms with van der Waals surface area (Å²) < 4.78 is 22.6. The van der Waals surface area contributed by atoms with E-state index < -0.39 is 0 Å². The van der Waals surface area contributed by atoms with Crippen LogP contribution in [0.1, 0.15) is 0 Å². The number of fused-ring (bicyclic) bond motifs is 27. The fourth-order valence-corrected chi connectivity index (χ4v) is 27.4. The van der Waals surface area contributed by atoms with E-state index in [-0.39, 0.29) is 0 Å². The van der Waals surface area contributed by atoms with Crippen LogP contribution in [0.2, 0.25) is 0 Å². The van der Waals surface area contributed by atoms with Crippen molar-refractivity contribution in [2.24, 2.45) is 0 Å². The zero-order chi connectivity index (χ0) is 96.4. The van der Waals surface area contributed by atoms with Crippen molar-refractivity contribution < 1.29 is 0 Å². The lowest BCUT2D eigenvalue weighted by molar-refractivity contribution is 1.17. The maximum Gasteiger partial charge on any atom is 0.0548 e. The maximum absolute atomic E-state index is 2.44. The van der Waals surface area contributed by atoms with E-state index in [1.54, 1.807) is 0 Å². The van der Waals surface area contributed by atoms with Crippen molar-refractivity contribution in [1.82, 2.24) is 27.4 Å². The molecule has 0 aliphatic rings. The molecule has 0 radical (unpaired) electrons. The largest absolute Gasteiger partial charge is 0.309 e. The third kappa shape index (κ3) is 13.6. The molecule has 0 fully saturated rings. The Morgan fingerprint density at radius 2 is 0.306 bits per heavy atom. The summed E-state index contributed by atoms with van der Waals surface area (Å²) in [5.41, 5.74) is 34.0. The fourth-order valence-electron chi connectivity index (χ4n) is 23.7. The SMILES string of the molecule is c1ccc(-c2ccc(-n3c4ccccc4c4cc5c(cc43)c3ccccc3n5-c3ccc(-c4cccc5c4sc4ccccc45)cc3)cc2)cc1.c1ccc(-c2cccc(-n3c4ccccc4c4cc5c(cc43)c3ccccc3n5-c3ccc(-c4cccc5c4sc4ccccc45)cc3)c2)cc1.c1ccc(-n2c3ccccc3c3cc4c(cc32)c2ccccc2n4-c2ccc(-c3cccc4c3sc3ccccc34)cc2)cc1. The number of hydrogen-bond acceptors (Lipinski definition) is 3. The minimum atomic E-state index is 1.16.